The van der Waals surface area contributed by atoms with Crippen LogP contribution < -0.4 is 10.0 Å². The van der Waals surface area contributed by atoms with Gasteiger partial charge in [-0.05, 0) is 24.7 Å². The molecule has 2 N–H and O–H groups in total. The Hall–Kier alpha value is -1.64. The molecule has 0 atom stereocenters. The Bertz CT molecular complexity index is 761. The number of rotatable bonds is 5. The molecule has 6 nitrogen and oxygen atoms in total. The molecule has 0 unspecified atom stereocenters. The Morgan fingerprint density at radius 3 is 2.71 bits per heavy atom. The maximum absolute atomic E-state index is 13.8. The van der Waals surface area contributed by atoms with E-state index in [-0.39, 0.29) is 22.3 Å². The van der Waals surface area contributed by atoms with Crippen molar-refractivity contribution in [3.63, 3.8) is 0 Å². The summed E-state index contributed by atoms with van der Waals surface area (Å²) in [4.78, 5) is -0.208. The lowest BCUT2D eigenvalue weighted by molar-refractivity contribution is 0.593. The van der Waals surface area contributed by atoms with Crippen molar-refractivity contribution in [2.24, 2.45) is 7.05 Å². The molecule has 2 rings (SSSR count). The molecule has 0 aliphatic heterocycles. The van der Waals surface area contributed by atoms with Crippen molar-refractivity contribution >= 4 is 27.4 Å². The molecule has 0 fully saturated rings. The molecule has 9 heteroatoms. The summed E-state index contributed by atoms with van der Waals surface area (Å²) in [5, 5.41) is 6.62. The van der Waals surface area contributed by atoms with Gasteiger partial charge in [-0.2, -0.15) is 5.10 Å². The lowest BCUT2D eigenvalue weighted by Gasteiger charge is -2.10. The summed E-state index contributed by atoms with van der Waals surface area (Å²) < 4.78 is 42.0. The van der Waals surface area contributed by atoms with E-state index in [0.717, 1.165) is 6.07 Å². The minimum atomic E-state index is -3.93. The second-order valence-electron chi connectivity index (χ2n) is 4.39. The van der Waals surface area contributed by atoms with Gasteiger partial charge in [0.2, 0.25) is 0 Å². The third-order valence-corrected chi connectivity index (χ3v) is 4.46. The normalized spacial score (nSPS) is 11.6. The largest absolute Gasteiger partial charge is 0.316 e. The highest BCUT2D eigenvalue weighted by Gasteiger charge is 2.19. The van der Waals surface area contributed by atoms with E-state index < -0.39 is 15.8 Å². The average Bonchev–Trinajstić information content (AvgIpc) is 2.79. The number of sulfonamides is 1. The van der Waals surface area contributed by atoms with Gasteiger partial charge in [-0.1, -0.05) is 11.6 Å². The van der Waals surface area contributed by atoms with E-state index in [1.807, 2.05) is 0 Å². The van der Waals surface area contributed by atoms with Crippen LogP contribution in [0, 0.1) is 5.82 Å². The van der Waals surface area contributed by atoms with E-state index >= 15 is 0 Å². The highest BCUT2D eigenvalue weighted by atomic mass is 35.5. The number of halogens is 2. The van der Waals surface area contributed by atoms with Crippen LogP contribution in [0.3, 0.4) is 0 Å². The van der Waals surface area contributed by atoms with Crippen LogP contribution in [0.25, 0.3) is 0 Å². The standard InChI is InChI=1S/C12H14ClFN4O2S/c1-15-7-8-5-9(6-10(14)12(8)13)21(19,20)17-11-3-4-18(2)16-11/h3-6,15H,7H2,1-2H3,(H,16,17). The molecule has 0 amide bonds. The smallest absolute Gasteiger partial charge is 0.263 e. The van der Waals surface area contributed by atoms with E-state index in [4.69, 9.17) is 11.6 Å². The molecule has 0 saturated carbocycles. The molecule has 2 aromatic rings. The van der Waals surface area contributed by atoms with Gasteiger partial charge < -0.3 is 5.32 Å². The van der Waals surface area contributed by atoms with Gasteiger partial charge in [0.05, 0.1) is 9.92 Å². The Morgan fingerprint density at radius 1 is 1.43 bits per heavy atom. The number of hydrogen-bond donors (Lipinski definition) is 2. The summed E-state index contributed by atoms with van der Waals surface area (Å²) in [6, 6.07) is 3.71. The SMILES string of the molecule is CNCc1cc(S(=O)(=O)Nc2ccn(C)n2)cc(F)c1Cl. The van der Waals surface area contributed by atoms with Crippen LogP contribution >= 0.6 is 11.6 Å². The second kappa shape index (κ2) is 6.00. The first kappa shape index (κ1) is 15.7. The fourth-order valence-electron chi connectivity index (χ4n) is 1.76. The van der Waals surface area contributed by atoms with Crippen molar-refractivity contribution < 1.29 is 12.8 Å². The zero-order valence-electron chi connectivity index (χ0n) is 11.4. The van der Waals surface area contributed by atoms with Crippen LogP contribution in [0.1, 0.15) is 5.56 Å². The number of nitrogens with zero attached hydrogens (tertiary/aromatic N) is 2. The summed E-state index contributed by atoms with van der Waals surface area (Å²) >= 11 is 5.81. The molecular formula is C12H14ClFN4O2S. The molecule has 0 radical (unpaired) electrons. The molecule has 1 aromatic carbocycles. The van der Waals surface area contributed by atoms with Crippen molar-refractivity contribution in [2.45, 2.75) is 11.4 Å². The van der Waals surface area contributed by atoms with Crippen LogP contribution in [0.15, 0.2) is 29.3 Å². The number of benzene rings is 1. The third kappa shape index (κ3) is 3.52. The first-order valence-electron chi connectivity index (χ1n) is 5.98. The van der Waals surface area contributed by atoms with Crippen LogP contribution in [0.5, 0.6) is 0 Å². The first-order valence-corrected chi connectivity index (χ1v) is 7.84. The predicted octanol–water partition coefficient (Wildman–Crippen LogP) is 1.73. The summed E-state index contributed by atoms with van der Waals surface area (Å²) in [6.07, 6.45) is 1.59. The zero-order chi connectivity index (χ0) is 15.6. The van der Waals surface area contributed by atoms with Crippen LogP contribution in [0.4, 0.5) is 10.2 Å². The van der Waals surface area contributed by atoms with Crippen molar-refractivity contribution in [1.82, 2.24) is 15.1 Å². The van der Waals surface area contributed by atoms with E-state index in [9.17, 15) is 12.8 Å². The molecule has 114 valence electrons. The van der Waals surface area contributed by atoms with Gasteiger partial charge in [0, 0.05) is 25.9 Å². The quantitative estimate of drug-likeness (QED) is 0.874. The Morgan fingerprint density at radius 2 is 2.14 bits per heavy atom. The Balaban J connectivity index is 2.40. The lowest BCUT2D eigenvalue weighted by atomic mass is 10.2. The molecule has 0 bridgehead atoms. The van der Waals surface area contributed by atoms with Crippen molar-refractivity contribution in [1.29, 1.82) is 0 Å². The molecule has 21 heavy (non-hydrogen) atoms. The van der Waals surface area contributed by atoms with Crippen LogP contribution in [-0.4, -0.2) is 25.2 Å². The summed E-state index contributed by atoms with van der Waals surface area (Å²) in [7, 11) is -0.620. The third-order valence-electron chi connectivity index (χ3n) is 2.71. The van der Waals surface area contributed by atoms with E-state index in [0.29, 0.717) is 5.56 Å². The van der Waals surface area contributed by atoms with Gasteiger partial charge in [-0.15, -0.1) is 0 Å². The van der Waals surface area contributed by atoms with Crippen LogP contribution in [-0.2, 0) is 23.6 Å². The minimum absolute atomic E-state index is 0.0962. The minimum Gasteiger partial charge on any atom is -0.316 e. The summed E-state index contributed by atoms with van der Waals surface area (Å²) in [5.41, 5.74) is 0.362. The fourth-order valence-corrected chi connectivity index (χ4v) is 2.99. The van der Waals surface area contributed by atoms with Gasteiger partial charge in [0.25, 0.3) is 10.0 Å². The Kier molecular flexibility index (Phi) is 4.50. The molecule has 1 heterocycles. The van der Waals surface area contributed by atoms with Crippen molar-refractivity contribution in [3.05, 3.63) is 40.8 Å². The maximum atomic E-state index is 13.8. The molecule has 0 spiro atoms. The van der Waals surface area contributed by atoms with Crippen molar-refractivity contribution in [2.75, 3.05) is 11.8 Å². The average molecular weight is 333 g/mol. The Labute approximate surface area is 127 Å². The van der Waals surface area contributed by atoms with Crippen LogP contribution in [0.2, 0.25) is 5.02 Å². The molecular weight excluding hydrogens is 319 g/mol. The first-order chi connectivity index (χ1) is 9.83. The highest BCUT2D eigenvalue weighted by Crippen LogP contribution is 2.25. The number of aromatic nitrogens is 2. The monoisotopic (exact) mass is 332 g/mol. The predicted molar refractivity (Wildman–Crippen MR) is 78.2 cm³/mol. The topological polar surface area (TPSA) is 76.0 Å². The molecule has 0 aliphatic carbocycles. The highest BCUT2D eigenvalue weighted by molar-refractivity contribution is 7.92. The van der Waals surface area contributed by atoms with E-state index in [2.05, 4.69) is 15.1 Å². The second-order valence-corrected chi connectivity index (χ2v) is 6.45. The molecule has 1 aromatic heterocycles. The van der Waals surface area contributed by atoms with E-state index in [1.54, 1.807) is 20.3 Å². The van der Waals surface area contributed by atoms with Gasteiger partial charge in [0.15, 0.2) is 5.82 Å². The maximum Gasteiger partial charge on any atom is 0.263 e. The fraction of sp³-hybridized carbons (Fsp3) is 0.250. The summed E-state index contributed by atoms with van der Waals surface area (Å²) in [5.74, 6) is -0.631. The summed E-state index contributed by atoms with van der Waals surface area (Å²) in [6.45, 7) is 0.253. The van der Waals surface area contributed by atoms with Gasteiger partial charge >= 0.3 is 0 Å². The van der Waals surface area contributed by atoms with Gasteiger partial charge in [-0.25, -0.2) is 12.8 Å². The molecule has 0 aliphatic rings. The number of hydrogen-bond acceptors (Lipinski definition) is 4. The molecule has 0 saturated heterocycles. The van der Waals surface area contributed by atoms with Gasteiger partial charge in [0.1, 0.15) is 5.82 Å². The van der Waals surface area contributed by atoms with Crippen molar-refractivity contribution in [3.8, 4) is 0 Å². The number of aryl methyl sites for hydroxylation is 1. The number of anilines is 1. The van der Waals surface area contributed by atoms with Gasteiger partial charge in [-0.3, -0.25) is 9.40 Å². The lowest BCUT2D eigenvalue weighted by Crippen LogP contribution is -2.15. The number of nitrogens with one attached hydrogen (secondary N) is 2. The zero-order valence-corrected chi connectivity index (χ0v) is 13.0. The van der Waals surface area contributed by atoms with E-state index in [1.165, 1.54) is 16.8 Å².